The van der Waals surface area contributed by atoms with Gasteiger partial charge in [0.15, 0.2) is 0 Å². The van der Waals surface area contributed by atoms with E-state index in [0.717, 1.165) is 57.7 Å². The number of nitrogens with one attached hydrogen (secondary N) is 2. The molecule has 2 aliphatic carbocycles. The van der Waals surface area contributed by atoms with Crippen molar-refractivity contribution in [2.24, 2.45) is 11.5 Å². The van der Waals surface area contributed by atoms with Gasteiger partial charge in [-0.3, -0.25) is 5.32 Å². The molecule has 0 amide bonds. The SMILES string of the molecule is NC(OC(N)c1cccc2c1OC1C=CC=CC21)c1cccc(-c2cccc(C3=CC(c4ccccc4)NC(C4=CC=CCC4)N3)c2)c1. The zero-order valence-corrected chi connectivity index (χ0v) is 26.7. The summed E-state index contributed by atoms with van der Waals surface area (Å²) in [6.07, 6.45) is 17.9. The highest BCUT2D eigenvalue weighted by molar-refractivity contribution is 5.73. The van der Waals surface area contributed by atoms with Gasteiger partial charge in [0.05, 0.1) is 6.04 Å². The van der Waals surface area contributed by atoms with Crippen LogP contribution in [0, 0.1) is 0 Å². The van der Waals surface area contributed by atoms with Gasteiger partial charge in [-0.05, 0) is 70.5 Å². The van der Waals surface area contributed by atoms with Gasteiger partial charge in [-0.1, -0.05) is 121 Å². The van der Waals surface area contributed by atoms with Crippen LogP contribution in [-0.2, 0) is 4.74 Å². The number of benzene rings is 4. The van der Waals surface area contributed by atoms with E-state index in [1.54, 1.807) is 0 Å². The van der Waals surface area contributed by atoms with Crippen molar-refractivity contribution in [3.8, 4) is 16.9 Å². The molecule has 0 saturated carbocycles. The first kappa shape index (κ1) is 30.4. The smallest absolute Gasteiger partial charge is 0.137 e. The fourth-order valence-corrected chi connectivity index (χ4v) is 7.12. The van der Waals surface area contributed by atoms with Crippen LogP contribution >= 0.6 is 0 Å². The van der Waals surface area contributed by atoms with Crippen LogP contribution < -0.4 is 26.8 Å². The molecule has 0 fully saturated rings. The Morgan fingerprint density at radius 1 is 0.771 bits per heavy atom. The van der Waals surface area contributed by atoms with Crippen LogP contribution in [-0.4, -0.2) is 12.3 Å². The van der Waals surface area contributed by atoms with Gasteiger partial charge in [0, 0.05) is 22.7 Å². The van der Waals surface area contributed by atoms with Crippen LogP contribution in [0.2, 0.25) is 0 Å². The second-order valence-electron chi connectivity index (χ2n) is 12.7. The molecule has 4 aliphatic rings. The fraction of sp³-hybridized carbons (Fsp3) is 0.190. The molecule has 8 rings (SSSR count). The second kappa shape index (κ2) is 13.3. The van der Waals surface area contributed by atoms with Crippen LogP contribution in [0.3, 0.4) is 0 Å². The maximum Gasteiger partial charge on any atom is 0.137 e. The number of para-hydroxylation sites is 1. The van der Waals surface area contributed by atoms with Crippen LogP contribution in [0.5, 0.6) is 5.75 Å². The number of ether oxygens (including phenoxy) is 2. The van der Waals surface area contributed by atoms with Crippen molar-refractivity contribution in [2.45, 2.75) is 49.5 Å². The van der Waals surface area contributed by atoms with E-state index in [4.69, 9.17) is 20.9 Å². The van der Waals surface area contributed by atoms with Crippen LogP contribution in [0.4, 0.5) is 0 Å². The molecule has 0 spiro atoms. The Hall–Kier alpha value is -4.98. The highest BCUT2D eigenvalue weighted by Crippen LogP contribution is 2.45. The number of hydrogen-bond acceptors (Lipinski definition) is 6. The van der Waals surface area contributed by atoms with E-state index < -0.39 is 12.5 Å². The summed E-state index contributed by atoms with van der Waals surface area (Å²) < 4.78 is 12.5. The third-order valence-electron chi connectivity index (χ3n) is 9.65. The Labute approximate surface area is 282 Å². The van der Waals surface area contributed by atoms with Gasteiger partial charge in [0.1, 0.15) is 30.5 Å². The molecule has 6 atom stereocenters. The lowest BCUT2D eigenvalue weighted by molar-refractivity contribution is -0.00959. The van der Waals surface area contributed by atoms with Crippen LogP contribution in [0.15, 0.2) is 151 Å². The molecule has 2 aliphatic heterocycles. The van der Waals surface area contributed by atoms with Gasteiger partial charge in [-0.25, -0.2) is 0 Å². The predicted octanol–water partition coefficient (Wildman–Crippen LogP) is 7.83. The van der Waals surface area contributed by atoms with Crippen molar-refractivity contribution >= 4 is 5.70 Å². The first-order valence-corrected chi connectivity index (χ1v) is 16.8. The van der Waals surface area contributed by atoms with E-state index in [1.165, 1.54) is 11.1 Å². The van der Waals surface area contributed by atoms with Gasteiger partial charge < -0.3 is 26.3 Å². The molecule has 0 saturated heterocycles. The first-order chi connectivity index (χ1) is 23.6. The Morgan fingerprint density at radius 3 is 2.42 bits per heavy atom. The zero-order valence-electron chi connectivity index (χ0n) is 26.7. The molecule has 0 radical (unpaired) electrons. The highest BCUT2D eigenvalue weighted by atomic mass is 16.5. The minimum atomic E-state index is -0.742. The zero-order chi connectivity index (χ0) is 32.5. The van der Waals surface area contributed by atoms with E-state index in [9.17, 15) is 0 Å². The Morgan fingerprint density at radius 2 is 1.56 bits per heavy atom. The third-order valence-corrected chi connectivity index (χ3v) is 9.65. The number of rotatable bonds is 8. The molecule has 6 nitrogen and oxygen atoms in total. The second-order valence-corrected chi connectivity index (χ2v) is 12.7. The van der Waals surface area contributed by atoms with E-state index in [2.05, 4.69) is 126 Å². The molecular weight excluding hydrogens is 592 g/mol. The van der Waals surface area contributed by atoms with E-state index in [0.29, 0.717) is 0 Å². The molecule has 48 heavy (non-hydrogen) atoms. The number of allylic oxidation sites excluding steroid dienone is 5. The summed E-state index contributed by atoms with van der Waals surface area (Å²) in [5.41, 5.74) is 23.0. The molecule has 2 heterocycles. The summed E-state index contributed by atoms with van der Waals surface area (Å²) in [5, 5.41) is 7.61. The summed E-state index contributed by atoms with van der Waals surface area (Å²) in [6, 6.07) is 33.6. The largest absolute Gasteiger partial charge is 0.485 e. The van der Waals surface area contributed by atoms with Crippen molar-refractivity contribution in [3.05, 3.63) is 179 Å². The average Bonchev–Trinajstić information content (AvgIpc) is 3.54. The minimum Gasteiger partial charge on any atom is -0.485 e. The van der Waals surface area contributed by atoms with Crippen molar-refractivity contribution in [1.29, 1.82) is 0 Å². The van der Waals surface area contributed by atoms with Crippen molar-refractivity contribution in [2.75, 3.05) is 0 Å². The monoisotopic (exact) mass is 632 g/mol. The maximum absolute atomic E-state index is 6.64. The van der Waals surface area contributed by atoms with E-state index in [1.807, 2.05) is 30.3 Å². The average molecular weight is 633 g/mol. The molecule has 6 unspecified atom stereocenters. The molecule has 6 N–H and O–H groups in total. The topological polar surface area (TPSA) is 94.6 Å². The standard InChI is InChI=1S/C42H40N4O2/c43-40(48-41(44)35-22-11-21-34-33-20-7-8-23-38(33)47-39(34)35)32-19-10-17-30(25-32)29-16-9-18-31(24-29)37-26-36(27-12-3-1-4-13-27)45-42(46-37)28-14-5-2-6-15-28/h1-5,7-14,16-26,33,36,38,40-42,45-46H,6,15,43-44H2. The Balaban J connectivity index is 1.03. The summed E-state index contributed by atoms with van der Waals surface area (Å²) in [4.78, 5) is 0. The number of nitrogens with two attached hydrogens (primary N) is 2. The van der Waals surface area contributed by atoms with E-state index >= 15 is 0 Å². The summed E-state index contributed by atoms with van der Waals surface area (Å²) in [7, 11) is 0. The summed E-state index contributed by atoms with van der Waals surface area (Å²) in [5.74, 6) is 0.980. The summed E-state index contributed by atoms with van der Waals surface area (Å²) in [6.45, 7) is 0. The maximum atomic E-state index is 6.64. The molecule has 0 aromatic heterocycles. The van der Waals surface area contributed by atoms with Crippen LogP contribution in [0.1, 0.15) is 65.1 Å². The normalized spacial score (nSPS) is 23.6. The molecule has 0 bridgehead atoms. The molecular formula is C42H40N4O2. The quantitative estimate of drug-likeness (QED) is 0.148. The third kappa shape index (κ3) is 6.07. The van der Waals surface area contributed by atoms with Gasteiger partial charge in [0.2, 0.25) is 0 Å². The van der Waals surface area contributed by atoms with E-state index in [-0.39, 0.29) is 24.2 Å². The van der Waals surface area contributed by atoms with Gasteiger partial charge in [-0.2, -0.15) is 0 Å². The van der Waals surface area contributed by atoms with Crippen molar-refractivity contribution < 1.29 is 9.47 Å². The fourth-order valence-electron chi connectivity index (χ4n) is 7.12. The lowest BCUT2D eigenvalue weighted by Gasteiger charge is -2.35. The molecule has 6 heteroatoms. The van der Waals surface area contributed by atoms with Crippen molar-refractivity contribution in [1.82, 2.24) is 10.6 Å². The van der Waals surface area contributed by atoms with Crippen LogP contribution in [0.25, 0.3) is 16.8 Å². The first-order valence-electron chi connectivity index (χ1n) is 16.8. The lowest BCUT2D eigenvalue weighted by atomic mass is 9.91. The number of hydrogen-bond donors (Lipinski definition) is 4. The molecule has 240 valence electrons. The Kier molecular flexibility index (Phi) is 8.39. The van der Waals surface area contributed by atoms with Gasteiger partial charge in [0.25, 0.3) is 0 Å². The minimum absolute atomic E-state index is 0.0214. The summed E-state index contributed by atoms with van der Waals surface area (Å²) >= 11 is 0. The van der Waals surface area contributed by atoms with Gasteiger partial charge in [-0.15, -0.1) is 0 Å². The molecule has 4 aromatic carbocycles. The number of fused-ring (bicyclic) bond motifs is 3. The molecule has 4 aromatic rings. The van der Waals surface area contributed by atoms with Crippen molar-refractivity contribution in [3.63, 3.8) is 0 Å². The predicted molar refractivity (Wildman–Crippen MR) is 192 cm³/mol. The highest BCUT2D eigenvalue weighted by Gasteiger charge is 2.35. The Bertz CT molecular complexity index is 1960. The van der Waals surface area contributed by atoms with Gasteiger partial charge >= 0.3 is 0 Å². The lowest BCUT2D eigenvalue weighted by Crippen LogP contribution is -2.47.